The van der Waals surface area contributed by atoms with E-state index < -0.39 is 0 Å². The van der Waals surface area contributed by atoms with Crippen LogP contribution in [0.4, 0.5) is 28.4 Å². The van der Waals surface area contributed by atoms with Crippen molar-refractivity contribution in [1.82, 2.24) is 4.57 Å². The second-order valence-corrected chi connectivity index (χ2v) is 19.9. The molecule has 0 spiro atoms. The molecule has 0 saturated carbocycles. The van der Waals surface area contributed by atoms with Gasteiger partial charge in [0.1, 0.15) is 0 Å². The van der Waals surface area contributed by atoms with Crippen molar-refractivity contribution in [2.75, 3.05) is 9.80 Å². The highest BCUT2D eigenvalue weighted by Gasteiger charge is 2.19. The molecule has 3 nitrogen and oxygen atoms in total. The standard InChI is InChI=1S/C75H55N3/c1-3-4-10-21-53(2)76(66-26-15-7-16-27-66)69-40-36-56-32-34-58(44-62(56)47-69)64-46-65(59-35-33-57-37-41-70(48-63(57)45-59)77(67-28-17-8-18-29-67)68-30-19-9-20-31-68)50-71(49-64)78-74-42-38-60(54-22-11-5-12-23-54)51-72(74)73-52-61(39-43-75(73)78)55-24-13-6-14-25-55/h3-52H,1H2,2H3/b10-4-,53-21+. The monoisotopic (exact) mass is 997 g/mol. The highest BCUT2D eigenvalue weighted by molar-refractivity contribution is 6.12. The number of para-hydroxylation sites is 3. The second-order valence-electron chi connectivity index (χ2n) is 19.9. The van der Waals surface area contributed by atoms with Gasteiger partial charge in [0.25, 0.3) is 0 Å². The molecule has 0 unspecified atom stereocenters. The molecule has 370 valence electrons. The molecule has 1 aromatic heterocycles. The third kappa shape index (κ3) is 9.25. The molecule has 0 atom stereocenters. The number of hydrogen-bond acceptors (Lipinski definition) is 2. The predicted molar refractivity (Wildman–Crippen MR) is 334 cm³/mol. The van der Waals surface area contributed by atoms with Crippen LogP contribution in [0.2, 0.25) is 0 Å². The highest BCUT2D eigenvalue weighted by atomic mass is 15.1. The van der Waals surface area contributed by atoms with Crippen LogP contribution in [0.5, 0.6) is 0 Å². The summed E-state index contributed by atoms with van der Waals surface area (Å²) in [5.74, 6) is 0. The van der Waals surface area contributed by atoms with Gasteiger partial charge in [-0.3, -0.25) is 0 Å². The lowest BCUT2D eigenvalue weighted by Gasteiger charge is -2.26. The van der Waals surface area contributed by atoms with Gasteiger partial charge in [0.15, 0.2) is 0 Å². The third-order valence-electron chi connectivity index (χ3n) is 15.0. The summed E-state index contributed by atoms with van der Waals surface area (Å²) >= 11 is 0. The number of hydrogen-bond donors (Lipinski definition) is 0. The molecule has 0 amide bonds. The van der Waals surface area contributed by atoms with Crippen LogP contribution in [0.1, 0.15) is 6.92 Å². The summed E-state index contributed by atoms with van der Waals surface area (Å²) in [7, 11) is 0. The molecule has 0 aliphatic rings. The first-order chi connectivity index (χ1) is 38.5. The molecule has 13 aromatic rings. The Kier molecular flexibility index (Phi) is 12.7. The van der Waals surface area contributed by atoms with Crippen molar-refractivity contribution in [2.45, 2.75) is 6.92 Å². The minimum Gasteiger partial charge on any atom is -0.314 e. The van der Waals surface area contributed by atoms with E-state index in [9.17, 15) is 0 Å². The molecule has 78 heavy (non-hydrogen) atoms. The summed E-state index contributed by atoms with van der Waals surface area (Å²) in [6, 6.07) is 102. The smallest absolute Gasteiger partial charge is 0.0541 e. The van der Waals surface area contributed by atoms with Gasteiger partial charge in [0.05, 0.1) is 11.0 Å². The number of aromatic nitrogens is 1. The van der Waals surface area contributed by atoms with Crippen LogP contribution in [-0.2, 0) is 0 Å². The highest BCUT2D eigenvalue weighted by Crippen LogP contribution is 2.42. The second kappa shape index (κ2) is 20.8. The van der Waals surface area contributed by atoms with Gasteiger partial charge in [-0.25, -0.2) is 0 Å². The van der Waals surface area contributed by atoms with Crippen molar-refractivity contribution in [1.29, 1.82) is 0 Å². The van der Waals surface area contributed by atoms with E-state index in [4.69, 9.17) is 0 Å². The lowest BCUT2D eigenvalue weighted by Crippen LogP contribution is -2.14. The number of anilines is 5. The van der Waals surface area contributed by atoms with Crippen LogP contribution in [-0.4, -0.2) is 4.57 Å². The zero-order valence-electron chi connectivity index (χ0n) is 43.4. The summed E-state index contributed by atoms with van der Waals surface area (Å²) < 4.78 is 2.48. The molecular weight excluding hydrogens is 943 g/mol. The fourth-order valence-corrected chi connectivity index (χ4v) is 11.2. The largest absolute Gasteiger partial charge is 0.314 e. The normalized spacial score (nSPS) is 11.7. The summed E-state index contributed by atoms with van der Waals surface area (Å²) in [6.07, 6.45) is 7.95. The Morgan fingerprint density at radius 1 is 0.333 bits per heavy atom. The van der Waals surface area contributed by atoms with Gasteiger partial charge in [-0.15, -0.1) is 0 Å². The van der Waals surface area contributed by atoms with Crippen molar-refractivity contribution >= 4 is 71.8 Å². The molecule has 3 heteroatoms. The first kappa shape index (κ1) is 47.5. The van der Waals surface area contributed by atoms with E-state index in [0.29, 0.717) is 0 Å². The Balaban J connectivity index is 1.01. The van der Waals surface area contributed by atoms with E-state index in [1.54, 1.807) is 0 Å². The molecule has 1 heterocycles. The lowest BCUT2D eigenvalue weighted by atomic mass is 9.94. The molecule has 12 aromatic carbocycles. The summed E-state index contributed by atoms with van der Waals surface area (Å²) in [5.41, 5.74) is 19.3. The van der Waals surface area contributed by atoms with Gasteiger partial charge in [0, 0.05) is 50.6 Å². The Labute approximate surface area is 456 Å². The topological polar surface area (TPSA) is 11.4 Å². The Morgan fingerprint density at radius 3 is 1.26 bits per heavy atom. The van der Waals surface area contributed by atoms with Crippen LogP contribution < -0.4 is 9.80 Å². The molecule has 0 N–H and O–H groups in total. The van der Waals surface area contributed by atoms with Gasteiger partial charge < -0.3 is 14.4 Å². The number of fused-ring (bicyclic) bond motifs is 5. The first-order valence-electron chi connectivity index (χ1n) is 26.7. The van der Waals surface area contributed by atoms with Crippen molar-refractivity contribution in [3.05, 3.63) is 316 Å². The average Bonchev–Trinajstić information content (AvgIpc) is 3.93. The molecule has 13 rings (SSSR count). The minimum absolute atomic E-state index is 1.09. The van der Waals surface area contributed by atoms with Crippen molar-refractivity contribution in [3.8, 4) is 50.2 Å². The van der Waals surface area contributed by atoms with Crippen LogP contribution in [0.15, 0.2) is 316 Å². The van der Waals surface area contributed by atoms with Gasteiger partial charge >= 0.3 is 0 Å². The maximum atomic E-state index is 3.89. The van der Waals surface area contributed by atoms with E-state index >= 15 is 0 Å². The predicted octanol–water partition coefficient (Wildman–Crippen LogP) is 21.0. The van der Waals surface area contributed by atoms with Crippen molar-refractivity contribution in [2.24, 2.45) is 0 Å². The molecule has 0 aliphatic carbocycles. The molecule has 0 radical (unpaired) electrons. The lowest BCUT2D eigenvalue weighted by molar-refractivity contribution is 1.16. The van der Waals surface area contributed by atoms with E-state index in [0.717, 1.165) is 83.9 Å². The summed E-state index contributed by atoms with van der Waals surface area (Å²) in [5, 5.41) is 7.10. The van der Waals surface area contributed by atoms with Crippen LogP contribution in [0.3, 0.4) is 0 Å². The maximum absolute atomic E-state index is 3.89. The maximum Gasteiger partial charge on any atom is 0.0541 e. The number of rotatable bonds is 13. The fourth-order valence-electron chi connectivity index (χ4n) is 11.2. The van der Waals surface area contributed by atoms with E-state index in [1.165, 1.54) is 43.8 Å². The first-order valence-corrected chi connectivity index (χ1v) is 26.7. The van der Waals surface area contributed by atoms with Gasteiger partial charge in [0.2, 0.25) is 0 Å². The Bertz CT molecular complexity index is 4250. The van der Waals surface area contributed by atoms with Crippen LogP contribution in [0.25, 0.3) is 93.5 Å². The summed E-state index contributed by atoms with van der Waals surface area (Å²) in [6.45, 7) is 6.05. The van der Waals surface area contributed by atoms with Gasteiger partial charge in [-0.1, -0.05) is 189 Å². The quantitative estimate of drug-likeness (QED) is 0.107. The van der Waals surface area contributed by atoms with E-state index in [2.05, 4.69) is 313 Å². The molecule has 0 saturated heterocycles. The molecule has 0 aliphatic heterocycles. The molecular formula is C75H55N3. The number of nitrogens with zero attached hydrogens (tertiary/aromatic N) is 3. The number of benzene rings is 12. The Morgan fingerprint density at radius 2 is 0.756 bits per heavy atom. The van der Waals surface area contributed by atoms with Crippen LogP contribution in [0, 0.1) is 0 Å². The SMILES string of the molecule is C=C/C=C\C=C(/C)N(c1ccccc1)c1ccc2ccc(-c3cc(-c4ccc5ccc(N(c6ccccc6)c6ccccc6)cc5c4)cc(-n4c5ccc(-c6ccccc6)cc5c5cc(-c6ccccc6)ccc54)c3)cc2c1. The van der Waals surface area contributed by atoms with Crippen molar-refractivity contribution in [3.63, 3.8) is 0 Å². The van der Waals surface area contributed by atoms with E-state index in [1.807, 2.05) is 18.2 Å². The zero-order valence-corrected chi connectivity index (χ0v) is 43.4. The Hall–Kier alpha value is -10.2. The minimum atomic E-state index is 1.09. The molecule has 0 bridgehead atoms. The number of allylic oxidation sites excluding steroid dienone is 5. The third-order valence-corrected chi connectivity index (χ3v) is 15.0. The fraction of sp³-hybridized carbons (Fsp3) is 0.0133. The van der Waals surface area contributed by atoms with Gasteiger partial charge in [-0.05, 0) is 194 Å². The van der Waals surface area contributed by atoms with Crippen molar-refractivity contribution < 1.29 is 0 Å². The molecule has 0 fully saturated rings. The average molecular weight is 998 g/mol. The van der Waals surface area contributed by atoms with Crippen LogP contribution >= 0.6 is 0 Å². The summed E-state index contributed by atoms with van der Waals surface area (Å²) in [4.78, 5) is 4.65. The zero-order chi connectivity index (χ0) is 52.4. The van der Waals surface area contributed by atoms with Gasteiger partial charge in [-0.2, -0.15) is 0 Å². The van der Waals surface area contributed by atoms with E-state index in [-0.39, 0.29) is 0 Å².